The summed E-state index contributed by atoms with van der Waals surface area (Å²) < 4.78 is 2.05. The number of hydrogen-bond donors (Lipinski definition) is 2. The van der Waals surface area contributed by atoms with Gasteiger partial charge in [0.15, 0.2) is 0 Å². The number of imidazole rings is 1. The number of aliphatic hydroxyl groups excluding tert-OH is 1. The van der Waals surface area contributed by atoms with Crippen LogP contribution in [0.5, 0.6) is 0 Å². The molecule has 0 aliphatic rings. The molecule has 104 valence electrons. The summed E-state index contributed by atoms with van der Waals surface area (Å²) in [6.07, 6.45) is 0.860. The molecule has 2 N–H and O–H groups in total. The van der Waals surface area contributed by atoms with Crippen LogP contribution in [-0.2, 0) is 13.6 Å². The van der Waals surface area contributed by atoms with Gasteiger partial charge in [-0.1, -0.05) is 18.5 Å². The molecule has 2 aromatic rings. The molecule has 0 saturated carbocycles. The molecule has 0 fully saturated rings. The summed E-state index contributed by atoms with van der Waals surface area (Å²) in [6.45, 7) is 4.79. The third-order valence-corrected chi connectivity index (χ3v) is 3.97. The molecule has 2 rings (SSSR count). The van der Waals surface area contributed by atoms with Gasteiger partial charge in [-0.2, -0.15) is 0 Å². The highest BCUT2D eigenvalue weighted by Crippen LogP contribution is 2.20. The minimum absolute atomic E-state index is 0.110. The first-order valence-corrected chi connectivity index (χ1v) is 6.83. The van der Waals surface area contributed by atoms with Crippen molar-refractivity contribution in [3.8, 4) is 0 Å². The van der Waals surface area contributed by atoms with Gasteiger partial charge in [0.25, 0.3) is 0 Å². The van der Waals surface area contributed by atoms with Crippen molar-refractivity contribution in [2.45, 2.75) is 32.4 Å². The van der Waals surface area contributed by atoms with Gasteiger partial charge in [0.2, 0.25) is 0 Å². The van der Waals surface area contributed by atoms with Crippen LogP contribution in [0.4, 0.5) is 0 Å². The van der Waals surface area contributed by atoms with E-state index in [2.05, 4.69) is 17.2 Å². The minimum Gasteiger partial charge on any atom is -0.394 e. The highest BCUT2D eigenvalue weighted by Gasteiger charge is 2.20. The van der Waals surface area contributed by atoms with Gasteiger partial charge in [-0.05, 0) is 31.5 Å². The maximum Gasteiger partial charge on any atom is 0.123 e. The number of aromatic nitrogens is 2. The molecule has 0 aliphatic carbocycles. The van der Waals surface area contributed by atoms with Crippen molar-refractivity contribution in [3.63, 3.8) is 0 Å². The van der Waals surface area contributed by atoms with E-state index in [9.17, 15) is 5.11 Å². The van der Waals surface area contributed by atoms with Crippen molar-refractivity contribution in [1.29, 1.82) is 0 Å². The first-order valence-electron chi connectivity index (χ1n) is 6.46. The van der Waals surface area contributed by atoms with Crippen molar-refractivity contribution in [3.05, 3.63) is 29.0 Å². The zero-order chi connectivity index (χ0) is 14.0. The number of nitrogens with zero attached hydrogens (tertiary/aromatic N) is 2. The highest BCUT2D eigenvalue weighted by molar-refractivity contribution is 6.31. The number of benzene rings is 1. The van der Waals surface area contributed by atoms with Crippen LogP contribution in [0.25, 0.3) is 11.0 Å². The lowest BCUT2D eigenvalue weighted by molar-refractivity contribution is 0.168. The number of nitrogens with one attached hydrogen (secondary N) is 1. The Morgan fingerprint density at radius 2 is 2.21 bits per heavy atom. The molecule has 0 aliphatic heterocycles. The van der Waals surface area contributed by atoms with Crippen LogP contribution in [0.3, 0.4) is 0 Å². The maximum atomic E-state index is 9.40. The third kappa shape index (κ3) is 2.91. The van der Waals surface area contributed by atoms with E-state index in [1.54, 1.807) is 0 Å². The van der Waals surface area contributed by atoms with Gasteiger partial charge in [0, 0.05) is 17.6 Å². The molecule has 0 radical (unpaired) electrons. The number of rotatable bonds is 5. The van der Waals surface area contributed by atoms with Crippen LogP contribution in [0, 0.1) is 0 Å². The summed E-state index contributed by atoms with van der Waals surface area (Å²) in [5, 5.41) is 13.5. The quantitative estimate of drug-likeness (QED) is 0.885. The van der Waals surface area contributed by atoms with Crippen LogP contribution in [0.1, 0.15) is 26.1 Å². The van der Waals surface area contributed by atoms with Crippen molar-refractivity contribution in [2.75, 3.05) is 6.61 Å². The first kappa shape index (κ1) is 14.3. The first-order chi connectivity index (χ1) is 8.99. The van der Waals surface area contributed by atoms with E-state index in [-0.39, 0.29) is 12.1 Å². The van der Waals surface area contributed by atoms with Gasteiger partial charge in [-0.3, -0.25) is 0 Å². The molecule has 1 heterocycles. The second-order valence-electron chi connectivity index (χ2n) is 5.15. The van der Waals surface area contributed by atoms with Crippen molar-refractivity contribution < 1.29 is 5.11 Å². The van der Waals surface area contributed by atoms with Gasteiger partial charge in [0.05, 0.1) is 24.2 Å². The summed E-state index contributed by atoms with van der Waals surface area (Å²) >= 11 is 5.98. The van der Waals surface area contributed by atoms with E-state index in [1.807, 2.05) is 36.7 Å². The second-order valence-corrected chi connectivity index (χ2v) is 5.58. The van der Waals surface area contributed by atoms with Crippen LogP contribution >= 0.6 is 11.6 Å². The van der Waals surface area contributed by atoms with E-state index in [4.69, 9.17) is 11.6 Å². The lowest BCUT2D eigenvalue weighted by atomic mass is 10.0. The Labute approximate surface area is 118 Å². The van der Waals surface area contributed by atoms with E-state index in [0.717, 1.165) is 23.3 Å². The Kier molecular flexibility index (Phi) is 4.13. The Morgan fingerprint density at radius 1 is 1.47 bits per heavy atom. The van der Waals surface area contributed by atoms with E-state index in [1.165, 1.54) is 0 Å². The van der Waals surface area contributed by atoms with Crippen molar-refractivity contribution >= 4 is 22.6 Å². The summed E-state index contributed by atoms with van der Waals surface area (Å²) in [7, 11) is 1.99. The van der Waals surface area contributed by atoms with Crippen LogP contribution in [0.2, 0.25) is 5.02 Å². The Bertz CT molecular complexity index is 575. The van der Waals surface area contributed by atoms with Crippen LogP contribution in [-0.4, -0.2) is 26.8 Å². The predicted octanol–water partition coefficient (Wildman–Crippen LogP) is 2.48. The highest BCUT2D eigenvalue weighted by atomic mass is 35.5. The summed E-state index contributed by atoms with van der Waals surface area (Å²) in [4.78, 5) is 4.58. The maximum absolute atomic E-state index is 9.40. The normalized spacial score (nSPS) is 14.8. The summed E-state index contributed by atoms with van der Waals surface area (Å²) in [6, 6.07) is 5.71. The molecule has 0 spiro atoms. The number of hydrogen-bond acceptors (Lipinski definition) is 3. The predicted molar refractivity (Wildman–Crippen MR) is 78.3 cm³/mol. The number of aliphatic hydroxyl groups is 1. The Balaban J connectivity index is 2.24. The molecule has 1 aromatic carbocycles. The fourth-order valence-corrected chi connectivity index (χ4v) is 2.13. The third-order valence-electron chi connectivity index (χ3n) is 3.74. The average Bonchev–Trinajstić information content (AvgIpc) is 2.72. The standard InChI is InChI=1S/C14H20ClN3O/c1-4-14(2,9-19)16-8-13-17-11-7-10(15)5-6-12(11)18(13)3/h5-7,16,19H,4,8-9H2,1-3H3. The molecule has 0 saturated heterocycles. The van der Waals surface area contributed by atoms with E-state index < -0.39 is 0 Å². The molecule has 1 unspecified atom stereocenters. The monoisotopic (exact) mass is 281 g/mol. The lowest BCUT2D eigenvalue weighted by Gasteiger charge is -2.27. The van der Waals surface area contributed by atoms with Gasteiger partial charge >= 0.3 is 0 Å². The van der Waals surface area contributed by atoms with Crippen LogP contribution in [0.15, 0.2) is 18.2 Å². The summed E-state index contributed by atoms with van der Waals surface area (Å²) in [5.41, 5.74) is 1.69. The fraction of sp³-hybridized carbons (Fsp3) is 0.500. The minimum atomic E-state index is -0.268. The molecule has 1 atom stereocenters. The molecule has 19 heavy (non-hydrogen) atoms. The van der Waals surface area contributed by atoms with Gasteiger partial charge in [-0.25, -0.2) is 4.98 Å². The van der Waals surface area contributed by atoms with Crippen molar-refractivity contribution in [1.82, 2.24) is 14.9 Å². The molecular weight excluding hydrogens is 262 g/mol. The summed E-state index contributed by atoms with van der Waals surface area (Å²) in [5.74, 6) is 0.936. The van der Waals surface area contributed by atoms with Gasteiger partial charge in [0.1, 0.15) is 5.82 Å². The second kappa shape index (κ2) is 5.49. The number of halogens is 1. The molecular formula is C14H20ClN3O. The lowest BCUT2D eigenvalue weighted by Crippen LogP contribution is -2.44. The Morgan fingerprint density at radius 3 is 2.84 bits per heavy atom. The molecule has 4 nitrogen and oxygen atoms in total. The molecule has 5 heteroatoms. The number of aryl methyl sites for hydroxylation is 1. The smallest absolute Gasteiger partial charge is 0.123 e. The average molecular weight is 282 g/mol. The van der Waals surface area contributed by atoms with Crippen molar-refractivity contribution in [2.24, 2.45) is 7.05 Å². The fourth-order valence-electron chi connectivity index (χ4n) is 1.97. The largest absolute Gasteiger partial charge is 0.394 e. The molecule has 0 amide bonds. The zero-order valence-electron chi connectivity index (χ0n) is 11.6. The van der Waals surface area contributed by atoms with E-state index in [0.29, 0.717) is 11.6 Å². The zero-order valence-corrected chi connectivity index (χ0v) is 12.3. The SMILES string of the molecule is CCC(C)(CO)NCc1nc2cc(Cl)ccc2n1C. The number of fused-ring (bicyclic) bond motifs is 1. The topological polar surface area (TPSA) is 50.1 Å². The van der Waals surface area contributed by atoms with Gasteiger partial charge < -0.3 is 15.0 Å². The van der Waals surface area contributed by atoms with Crippen LogP contribution < -0.4 is 5.32 Å². The van der Waals surface area contributed by atoms with E-state index >= 15 is 0 Å². The Hall–Kier alpha value is -1.10. The molecule has 1 aromatic heterocycles. The molecule has 0 bridgehead atoms. The van der Waals surface area contributed by atoms with Gasteiger partial charge in [-0.15, -0.1) is 0 Å².